The molecule has 1 aromatic carbocycles. The molecule has 1 aromatic rings. The third-order valence-corrected chi connectivity index (χ3v) is 8.88. The van der Waals surface area contributed by atoms with Crippen molar-refractivity contribution < 1.29 is 63.0 Å². The van der Waals surface area contributed by atoms with Crippen LogP contribution in [0.15, 0.2) is 24.3 Å². The van der Waals surface area contributed by atoms with Crippen LogP contribution in [0, 0.1) is 18.8 Å². The Labute approximate surface area is 310 Å². The van der Waals surface area contributed by atoms with Gasteiger partial charge in [-0.25, -0.2) is 9.59 Å². The fraction of sp³-hybridized carbons (Fsp3) is 0.543. The van der Waals surface area contributed by atoms with E-state index in [2.05, 4.69) is 26.6 Å². The number of unbranched alkanes of at least 4 members (excludes halogenated alkanes) is 1. The molecule has 1 saturated carbocycles. The summed E-state index contributed by atoms with van der Waals surface area (Å²) < 4.78 is 0. The fourth-order valence-electron chi connectivity index (χ4n) is 5.86. The van der Waals surface area contributed by atoms with Gasteiger partial charge < -0.3 is 41.6 Å². The monoisotopic (exact) mass is 758 g/mol. The van der Waals surface area contributed by atoms with Crippen molar-refractivity contribution in [2.45, 2.75) is 89.6 Å². The van der Waals surface area contributed by atoms with Crippen molar-refractivity contribution in [1.29, 1.82) is 0 Å². The highest BCUT2D eigenvalue weighted by Gasteiger charge is 2.37. The first-order valence-corrected chi connectivity index (χ1v) is 17.7. The topological polar surface area (TPSA) is 284 Å². The van der Waals surface area contributed by atoms with Gasteiger partial charge in [0.1, 0.15) is 12.1 Å². The number of nitrogens with zero attached hydrogens (tertiary/aromatic N) is 1. The van der Waals surface area contributed by atoms with Gasteiger partial charge in [-0.3, -0.25) is 38.4 Å². The first kappa shape index (κ1) is 42.5. The van der Waals surface area contributed by atoms with Crippen molar-refractivity contribution in [1.82, 2.24) is 31.6 Å². The van der Waals surface area contributed by atoms with Gasteiger partial charge in [0.25, 0.3) is 17.7 Å². The smallest absolute Gasteiger partial charge is 0.336 e. The van der Waals surface area contributed by atoms with Gasteiger partial charge in [0.15, 0.2) is 0 Å². The van der Waals surface area contributed by atoms with E-state index in [0.29, 0.717) is 23.5 Å². The molecule has 1 heterocycles. The van der Waals surface area contributed by atoms with Gasteiger partial charge in [-0.2, -0.15) is 0 Å². The summed E-state index contributed by atoms with van der Waals surface area (Å²) in [6.07, 6.45) is 0.880. The summed E-state index contributed by atoms with van der Waals surface area (Å²) in [6, 6.07) is 4.34. The van der Waals surface area contributed by atoms with Crippen LogP contribution in [0.5, 0.6) is 0 Å². The SMILES string of the molecule is Cc1cccc(C(=O)NCCCCC(NC(=O)CNC(=O)[C@@H](CCC(=O)O)NC(=O)CNC(=O)C2CCC(C(=O)ON3C(=O)CCC3=O)CC2)C(=O)O)c1. The average Bonchev–Trinajstić information content (AvgIpc) is 3.45. The minimum Gasteiger partial charge on any atom is -0.481 e. The second kappa shape index (κ2) is 21.0. The molecule has 54 heavy (non-hydrogen) atoms. The summed E-state index contributed by atoms with van der Waals surface area (Å²) in [6.45, 7) is 0.904. The zero-order chi connectivity index (χ0) is 39.8. The zero-order valence-corrected chi connectivity index (χ0v) is 29.9. The summed E-state index contributed by atoms with van der Waals surface area (Å²) >= 11 is 0. The first-order valence-electron chi connectivity index (χ1n) is 17.7. The highest BCUT2D eigenvalue weighted by molar-refractivity contribution is 6.01. The van der Waals surface area contributed by atoms with E-state index in [-0.39, 0.29) is 63.8 Å². The molecule has 0 spiro atoms. The van der Waals surface area contributed by atoms with Crippen LogP contribution in [-0.4, -0.2) is 106 Å². The van der Waals surface area contributed by atoms with Crippen molar-refractivity contribution in [3.8, 4) is 0 Å². The quantitative estimate of drug-likeness (QED) is 0.0651. The van der Waals surface area contributed by atoms with Crippen molar-refractivity contribution in [3.05, 3.63) is 35.4 Å². The summed E-state index contributed by atoms with van der Waals surface area (Å²) in [5.74, 6) is -9.03. The van der Waals surface area contributed by atoms with Gasteiger partial charge in [-0.1, -0.05) is 17.7 Å². The van der Waals surface area contributed by atoms with E-state index >= 15 is 0 Å². The molecule has 1 aliphatic carbocycles. The lowest BCUT2D eigenvalue weighted by molar-refractivity contribution is -0.201. The molecule has 3 rings (SSSR count). The fourth-order valence-corrected chi connectivity index (χ4v) is 5.86. The predicted molar refractivity (Wildman–Crippen MR) is 184 cm³/mol. The third-order valence-electron chi connectivity index (χ3n) is 8.88. The Hall–Kier alpha value is -5.88. The Morgan fingerprint density at radius 1 is 0.796 bits per heavy atom. The standard InChI is InChI=1S/C35H46N6O13/c1-20-5-4-6-23(17-20)32(49)36-16-3-2-7-25(34(51)52)40-27(43)19-38-33(50)24(12-15-30(46)47)39-26(42)18-37-31(48)21-8-10-22(11-9-21)35(53)54-41-28(44)13-14-29(41)45/h4-6,17,21-22,24-25H,2-3,7-16,18-19H2,1H3,(H,36,49)(H,37,48)(H,38,50)(H,39,42)(H,40,43)(H,46,47)(H,51,52)/t21?,22?,24-,25?/m1/s1. The van der Waals surface area contributed by atoms with Crippen molar-refractivity contribution >= 4 is 59.3 Å². The normalized spacial score (nSPS) is 17.8. The predicted octanol–water partition coefficient (Wildman–Crippen LogP) is -0.540. The van der Waals surface area contributed by atoms with Crippen LogP contribution in [0.2, 0.25) is 0 Å². The summed E-state index contributed by atoms with van der Waals surface area (Å²) in [4.78, 5) is 127. The number of carboxylic acid groups (broad SMARTS) is 2. The zero-order valence-electron chi connectivity index (χ0n) is 29.9. The number of rotatable bonds is 20. The molecule has 2 aliphatic rings. The Morgan fingerprint density at radius 2 is 1.41 bits per heavy atom. The maximum Gasteiger partial charge on any atom is 0.336 e. The molecule has 294 valence electrons. The second-order valence-electron chi connectivity index (χ2n) is 13.1. The van der Waals surface area contributed by atoms with Crippen molar-refractivity contribution in [2.75, 3.05) is 19.6 Å². The van der Waals surface area contributed by atoms with E-state index in [4.69, 9.17) is 9.94 Å². The van der Waals surface area contributed by atoms with Crippen LogP contribution in [0.1, 0.15) is 86.6 Å². The average molecular weight is 759 g/mol. The van der Waals surface area contributed by atoms with Crippen LogP contribution in [0.4, 0.5) is 0 Å². The molecule has 19 heteroatoms. The number of benzene rings is 1. The van der Waals surface area contributed by atoms with Gasteiger partial charge in [-0.05, 0) is 70.4 Å². The molecule has 0 aromatic heterocycles. The lowest BCUT2D eigenvalue weighted by Crippen LogP contribution is -2.52. The Balaban J connectivity index is 1.38. The van der Waals surface area contributed by atoms with Gasteiger partial charge in [0.05, 0.1) is 19.0 Å². The lowest BCUT2D eigenvalue weighted by atomic mass is 9.81. The summed E-state index contributed by atoms with van der Waals surface area (Å²) in [7, 11) is 0. The van der Waals surface area contributed by atoms with Gasteiger partial charge in [-0.15, -0.1) is 5.06 Å². The molecule has 2 fully saturated rings. The first-order chi connectivity index (χ1) is 25.6. The van der Waals surface area contributed by atoms with E-state index in [1.165, 1.54) is 0 Å². The molecule has 7 amide bonds. The van der Waals surface area contributed by atoms with Crippen LogP contribution in [-0.2, 0) is 48.0 Å². The third kappa shape index (κ3) is 13.9. The maximum absolute atomic E-state index is 12.8. The number of hydrogen-bond acceptors (Lipinski definition) is 11. The van der Waals surface area contributed by atoms with Crippen LogP contribution in [0.3, 0.4) is 0 Å². The maximum atomic E-state index is 12.8. The number of nitrogens with one attached hydrogen (secondary N) is 5. The van der Waals surface area contributed by atoms with Crippen LogP contribution >= 0.6 is 0 Å². The Morgan fingerprint density at radius 3 is 2.02 bits per heavy atom. The Bertz CT molecular complexity index is 1590. The number of aryl methyl sites for hydroxylation is 1. The molecule has 0 radical (unpaired) electrons. The van der Waals surface area contributed by atoms with Gasteiger partial charge in [0, 0.05) is 37.3 Å². The number of imide groups is 1. The second-order valence-corrected chi connectivity index (χ2v) is 13.1. The number of hydrogen-bond donors (Lipinski definition) is 7. The minimum absolute atomic E-state index is 0.0360. The molecule has 1 aliphatic heterocycles. The van der Waals surface area contributed by atoms with E-state index in [9.17, 15) is 53.1 Å². The number of hydroxylamine groups is 2. The minimum atomic E-state index is -1.40. The molecule has 1 saturated heterocycles. The summed E-state index contributed by atoms with van der Waals surface area (Å²) in [5.41, 5.74) is 1.42. The number of carbonyl (C=O) groups is 10. The van der Waals surface area contributed by atoms with Gasteiger partial charge >= 0.3 is 17.9 Å². The molecule has 19 nitrogen and oxygen atoms in total. The number of aliphatic carboxylic acids is 2. The lowest BCUT2D eigenvalue weighted by Gasteiger charge is -2.27. The molecular weight excluding hydrogens is 712 g/mol. The molecule has 7 N–H and O–H groups in total. The highest BCUT2D eigenvalue weighted by atomic mass is 16.7. The number of carbonyl (C=O) groups excluding carboxylic acids is 8. The largest absolute Gasteiger partial charge is 0.481 e. The highest BCUT2D eigenvalue weighted by Crippen LogP contribution is 2.30. The van der Waals surface area contributed by atoms with Gasteiger partial charge in [0.2, 0.25) is 23.6 Å². The molecule has 1 unspecified atom stereocenters. The van der Waals surface area contributed by atoms with E-state index in [1.54, 1.807) is 18.2 Å². The molecule has 0 bridgehead atoms. The summed E-state index contributed by atoms with van der Waals surface area (Å²) in [5, 5.41) is 31.2. The van der Waals surface area contributed by atoms with Crippen molar-refractivity contribution in [3.63, 3.8) is 0 Å². The van der Waals surface area contributed by atoms with E-state index < -0.39 is 96.8 Å². The number of amides is 7. The molecule has 2 atom stereocenters. The van der Waals surface area contributed by atoms with Crippen LogP contribution < -0.4 is 26.6 Å². The number of carboxylic acids is 2. The molecular formula is C35H46N6O13. The van der Waals surface area contributed by atoms with E-state index in [0.717, 1.165) is 5.56 Å². The van der Waals surface area contributed by atoms with Crippen molar-refractivity contribution in [2.24, 2.45) is 11.8 Å². The Kier molecular flexibility index (Phi) is 16.5. The van der Waals surface area contributed by atoms with E-state index in [1.807, 2.05) is 13.0 Å². The van der Waals surface area contributed by atoms with Crippen LogP contribution in [0.25, 0.3) is 0 Å².